The van der Waals surface area contributed by atoms with E-state index in [2.05, 4.69) is 126 Å². The molecule has 2 aliphatic carbocycles. The highest BCUT2D eigenvalue weighted by Crippen LogP contribution is 2.61. The zero-order chi connectivity index (χ0) is 22.3. The summed E-state index contributed by atoms with van der Waals surface area (Å²) in [6.07, 6.45) is 0. The zero-order valence-corrected chi connectivity index (χ0v) is 19.7. The fourth-order valence-corrected chi connectivity index (χ4v) is 7.03. The van der Waals surface area contributed by atoms with Gasteiger partial charge in [0.2, 0.25) is 0 Å². The SMILES string of the molecule is Cc1cccc2c1C(C)(C)c1ccccc1C21c2ccccc2C(C)(C)c2ccccc21. The van der Waals surface area contributed by atoms with E-state index in [4.69, 9.17) is 0 Å². The van der Waals surface area contributed by atoms with Crippen LogP contribution in [0.2, 0.25) is 0 Å². The summed E-state index contributed by atoms with van der Waals surface area (Å²) in [5.74, 6) is 0. The van der Waals surface area contributed by atoms with Crippen molar-refractivity contribution in [3.8, 4) is 0 Å². The first-order chi connectivity index (χ1) is 15.3. The average molecular weight is 415 g/mol. The third-order valence-electron chi connectivity index (χ3n) is 8.32. The van der Waals surface area contributed by atoms with Gasteiger partial charge in [0.15, 0.2) is 0 Å². The Morgan fingerprint density at radius 2 is 0.781 bits per heavy atom. The molecule has 0 radical (unpaired) electrons. The van der Waals surface area contributed by atoms with Crippen molar-refractivity contribution < 1.29 is 0 Å². The normalized spacial score (nSPS) is 18.3. The number of hydrogen-bond acceptors (Lipinski definition) is 0. The molecule has 158 valence electrons. The van der Waals surface area contributed by atoms with Crippen LogP contribution in [0.4, 0.5) is 0 Å². The maximum absolute atomic E-state index is 2.40. The molecule has 0 nitrogen and oxygen atoms in total. The molecule has 0 heterocycles. The Morgan fingerprint density at radius 1 is 0.406 bits per heavy atom. The lowest BCUT2D eigenvalue weighted by atomic mass is 9.48. The topological polar surface area (TPSA) is 0 Å². The van der Waals surface area contributed by atoms with Crippen molar-refractivity contribution >= 4 is 0 Å². The first-order valence-electron chi connectivity index (χ1n) is 11.7. The van der Waals surface area contributed by atoms with Crippen molar-refractivity contribution in [3.05, 3.63) is 141 Å². The Balaban J connectivity index is 1.91. The molecule has 4 aromatic rings. The quantitative estimate of drug-likeness (QED) is 0.277. The van der Waals surface area contributed by atoms with Crippen molar-refractivity contribution in [2.75, 3.05) is 0 Å². The molecule has 0 amide bonds. The maximum Gasteiger partial charge on any atom is 0.0713 e. The molecular formula is C32H30. The largest absolute Gasteiger partial charge is 0.0713 e. The van der Waals surface area contributed by atoms with E-state index < -0.39 is 0 Å². The number of benzene rings is 4. The van der Waals surface area contributed by atoms with Gasteiger partial charge >= 0.3 is 0 Å². The summed E-state index contributed by atoms with van der Waals surface area (Å²) in [4.78, 5) is 0. The second-order valence-corrected chi connectivity index (χ2v) is 10.6. The van der Waals surface area contributed by atoms with Crippen molar-refractivity contribution in [3.63, 3.8) is 0 Å². The van der Waals surface area contributed by atoms with E-state index in [1.54, 1.807) is 0 Å². The minimum atomic E-state index is -0.309. The molecule has 0 fully saturated rings. The zero-order valence-electron chi connectivity index (χ0n) is 19.7. The van der Waals surface area contributed by atoms with Gasteiger partial charge in [-0.3, -0.25) is 0 Å². The molecule has 0 saturated heterocycles. The highest BCUT2D eigenvalue weighted by molar-refractivity contribution is 5.75. The number of fused-ring (bicyclic) bond motifs is 8. The highest BCUT2D eigenvalue weighted by atomic mass is 14.6. The molecule has 0 atom stereocenters. The van der Waals surface area contributed by atoms with E-state index in [1.165, 1.54) is 50.1 Å². The van der Waals surface area contributed by atoms with Crippen molar-refractivity contribution in [1.29, 1.82) is 0 Å². The van der Waals surface area contributed by atoms with Gasteiger partial charge in [-0.05, 0) is 57.0 Å². The molecule has 0 heteroatoms. The van der Waals surface area contributed by atoms with Crippen LogP contribution in [0.25, 0.3) is 0 Å². The van der Waals surface area contributed by atoms with E-state index in [0.717, 1.165) is 0 Å². The van der Waals surface area contributed by atoms with Gasteiger partial charge in [0.1, 0.15) is 0 Å². The van der Waals surface area contributed by atoms with E-state index in [9.17, 15) is 0 Å². The van der Waals surface area contributed by atoms with Crippen molar-refractivity contribution in [2.24, 2.45) is 0 Å². The lowest BCUT2D eigenvalue weighted by molar-refractivity contribution is 0.512. The molecule has 0 N–H and O–H groups in total. The number of aryl methyl sites for hydroxylation is 1. The Labute approximate surface area is 192 Å². The van der Waals surface area contributed by atoms with Gasteiger partial charge in [-0.2, -0.15) is 0 Å². The van der Waals surface area contributed by atoms with Crippen LogP contribution >= 0.6 is 0 Å². The molecule has 32 heavy (non-hydrogen) atoms. The van der Waals surface area contributed by atoms with Crippen LogP contribution in [0.15, 0.2) is 91.0 Å². The van der Waals surface area contributed by atoms with Crippen LogP contribution in [0.3, 0.4) is 0 Å². The lowest BCUT2D eigenvalue weighted by Crippen LogP contribution is -2.47. The summed E-state index contributed by atoms with van der Waals surface area (Å²) in [7, 11) is 0. The summed E-state index contributed by atoms with van der Waals surface area (Å²) in [6.45, 7) is 11.8. The van der Waals surface area contributed by atoms with Crippen LogP contribution in [-0.2, 0) is 16.2 Å². The van der Waals surface area contributed by atoms with Crippen molar-refractivity contribution in [2.45, 2.75) is 50.9 Å². The molecule has 0 saturated carbocycles. The Morgan fingerprint density at radius 3 is 1.25 bits per heavy atom. The van der Waals surface area contributed by atoms with Gasteiger partial charge in [0, 0.05) is 10.8 Å². The minimum Gasteiger partial charge on any atom is -0.0619 e. The first kappa shape index (κ1) is 19.6. The van der Waals surface area contributed by atoms with E-state index in [1.807, 2.05) is 0 Å². The summed E-state index contributed by atoms with van der Waals surface area (Å²) in [5.41, 5.74) is 12.5. The smallest absolute Gasteiger partial charge is 0.0619 e. The van der Waals surface area contributed by atoms with Gasteiger partial charge in [0.05, 0.1) is 5.41 Å². The number of rotatable bonds is 0. The van der Waals surface area contributed by atoms with Crippen LogP contribution in [0.5, 0.6) is 0 Å². The van der Waals surface area contributed by atoms with Gasteiger partial charge in [-0.25, -0.2) is 0 Å². The molecule has 0 aliphatic heterocycles. The molecule has 1 spiro atoms. The average Bonchev–Trinajstić information content (AvgIpc) is 2.79. The fraction of sp³-hybridized carbons (Fsp3) is 0.250. The van der Waals surface area contributed by atoms with Gasteiger partial charge in [-0.1, -0.05) is 119 Å². The summed E-state index contributed by atoms with van der Waals surface area (Å²) in [5, 5.41) is 0. The van der Waals surface area contributed by atoms with Crippen LogP contribution < -0.4 is 0 Å². The summed E-state index contributed by atoms with van der Waals surface area (Å²) in [6, 6.07) is 34.4. The van der Waals surface area contributed by atoms with Gasteiger partial charge in [0.25, 0.3) is 0 Å². The third-order valence-corrected chi connectivity index (χ3v) is 8.32. The summed E-state index contributed by atoms with van der Waals surface area (Å²) < 4.78 is 0. The van der Waals surface area contributed by atoms with Crippen LogP contribution in [-0.4, -0.2) is 0 Å². The fourth-order valence-electron chi connectivity index (χ4n) is 7.03. The predicted octanol–water partition coefficient (Wildman–Crippen LogP) is 7.66. The first-order valence-corrected chi connectivity index (χ1v) is 11.7. The monoisotopic (exact) mass is 414 g/mol. The Hall–Kier alpha value is -3.12. The minimum absolute atomic E-state index is 0.0513. The molecule has 0 aromatic heterocycles. The maximum atomic E-state index is 2.40. The third kappa shape index (κ3) is 2.13. The lowest BCUT2D eigenvalue weighted by Gasteiger charge is -2.53. The molecule has 6 rings (SSSR count). The van der Waals surface area contributed by atoms with Gasteiger partial charge in [-0.15, -0.1) is 0 Å². The molecule has 0 unspecified atom stereocenters. The Kier molecular flexibility index (Phi) is 3.81. The standard InChI is InChI=1S/C32H30/c1-21-13-12-20-28-29(21)31(4,5)24-16-8-11-19-27(24)32(28)25-17-9-6-14-22(25)30(2,3)23-15-7-10-18-26(23)32/h6-20H,1-5H3. The molecule has 0 bridgehead atoms. The second kappa shape index (κ2) is 6.23. The molecular weight excluding hydrogens is 384 g/mol. The number of hydrogen-bond donors (Lipinski definition) is 0. The molecule has 4 aromatic carbocycles. The van der Waals surface area contributed by atoms with Crippen LogP contribution in [0, 0.1) is 6.92 Å². The predicted molar refractivity (Wildman–Crippen MR) is 134 cm³/mol. The van der Waals surface area contributed by atoms with E-state index in [0.29, 0.717) is 0 Å². The highest BCUT2D eigenvalue weighted by Gasteiger charge is 2.54. The van der Waals surface area contributed by atoms with Crippen LogP contribution in [0.1, 0.15) is 77.8 Å². The van der Waals surface area contributed by atoms with Gasteiger partial charge < -0.3 is 0 Å². The van der Waals surface area contributed by atoms with E-state index in [-0.39, 0.29) is 16.2 Å². The van der Waals surface area contributed by atoms with E-state index >= 15 is 0 Å². The Bertz CT molecular complexity index is 1320. The van der Waals surface area contributed by atoms with Crippen molar-refractivity contribution in [1.82, 2.24) is 0 Å². The molecule has 2 aliphatic rings. The second-order valence-electron chi connectivity index (χ2n) is 10.6. The summed E-state index contributed by atoms with van der Waals surface area (Å²) >= 11 is 0.